The molecular weight excluding hydrogens is 400 g/mol. The Morgan fingerprint density at radius 1 is 0.625 bits per heavy atom. The minimum atomic E-state index is -0.350. The minimum Gasteiger partial charge on any atom is -0.465 e. The maximum absolute atomic E-state index is 13.1. The minimum absolute atomic E-state index is 0.162. The summed E-state index contributed by atoms with van der Waals surface area (Å²) in [5.74, 6) is -0.613. The van der Waals surface area contributed by atoms with Gasteiger partial charge in [0.1, 0.15) is 0 Å². The van der Waals surface area contributed by atoms with Gasteiger partial charge in [0.25, 0.3) is 0 Å². The third-order valence-corrected chi connectivity index (χ3v) is 7.19. The average molecular weight is 453 g/mol. The van der Waals surface area contributed by atoms with Gasteiger partial charge in [0.15, 0.2) is 0 Å². The molecule has 0 aromatic carbocycles. The van der Waals surface area contributed by atoms with E-state index in [0.717, 1.165) is 51.4 Å². The molecule has 0 heterocycles. The van der Waals surface area contributed by atoms with Crippen LogP contribution in [0.25, 0.3) is 0 Å². The first kappa shape index (κ1) is 29.0. The van der Waals surface area contributed by atoms with Gasteiger partial charge in [0.05, 0.1) is 25.0 Å². The van der Waals surface area contributed by atoms with E-state index < -0.39 is 0 Å². The number of hydrogen-bond acceptors (Lipinski definition) is 4. The summed E-state index contributed by atoms with van der Waals surface area (Å²) in [7, 11) is 0. The van der Waals surface area contributed by atoms with Gasteiger partial charge in [-0.05, 0) is 43.9 Å². The highest BCUT2D eigenvalue weighted by Crippen LogP contribution is 2.42. The SMILES string of the molecule is CCCCCCCCOC(=O)C1C(C)CCC(CCC)C1C(=O)OCCCCCCCC. The standard InChI is InChI=1S/C28H52O4/c1-5-8-10-12-14-16-21-31-27(29)25-23(4)19-20-24(18-7-3)26(25)28(30)32-22-17-15-13-11-9-6-2/h23-26H,5-22H2,1-4H3. The lowest BCUT2D eigenvalue weighted by Crippen LogP contribution is -2.44. The zero-order valence-electron chi connectivity index (χ0n) is 21.7. The fourth-order valence-electron chi connectivity index (χ4n) is 5.20. The Kier molecular flexibility index (Phi) is 16.6. The van der Waals surface area contributed by atoms with Crippen molar-refractivity contribution in [2.24, 2.45) is 23.7 Å². The monoisotopic (exact) mass is 452 g/mol. The predicted octanol–water partition coefficient (Wildman–Crippen LogP) is 7.87. The lowest BCUT2D eigenvalue weighted by Gasteiger charge is -2.39. The second-order valence-electron chi connectivity index (χ2n) is 10.0. The summed E-state index contributed by atoms with van der Waals surface area (Å²) in [6.45, 7) is 9.65. The van der Waals surface area contributed by atoms with Crippen LogP contribution in [0.3, 0.4) is 0 Å². The van der Waals surface area contributed by atoms with E-state index in [0.29, 0.717) is 13.2 Å². The van der Waals surface area contributed by atoms with E-state index >= 15 is 0 Å². The molecule has 0 aromatic rings. The van der Waals surface area contributed by atoms with E-state index in [-0.39, 0.29) is 35.6 Å². The summed E-state index contributed by atoms with van der Waals surface area (Å²) < 4.78 is 11.4. The van der Waals surface area contributed by atoms with Crippen molar-refractivity contribution < 1.29 is 19.1 Å². The van der Waals surface area contributed by atoms with Crippen LogP contribution in [-0.4, -0.2) is 25.2 Å². The first-order valence-corrected chi connectivity index (χ1v) is 13.9. The van der Waals surface area contributed by atoms with Crippen LogP contribution in [0, 0.1) is 23.7 Å². The van der Waals surface area contributed by atoms with Crippen LogP contribution in [-0.2, 0) is 19.1 Å². The van der Waals surface area contributed by atoms with Gasteiger partial charge in [0.2, 0.25) is 0 Å². The first-order valence-electron chi connectivity index (χ1n) is 13.9. The Hall–Kier alpha value is -1.06. The maximum Gasteiger partial charge on any atom is 0.310 e. The van der Waals surface area contributed by atoms with Crippen LogP contribution in [0.2, 0.25) is 0 Å². The quantitative estimate of drug-likeness (QED) is 0.157. The number of esters is 2. The molecule has 0 amide bonds. The highest BCUT2D eigenvalue weighted by molar-refractivity contribution is 5.83. The van der Waals surface area contributed by atoms with Crippen LogP contribution in [0.1, 0.15) is 130 Å². The van der Waals surface area contributed by atoms with Crippen LogP contribution < -0.4 is 0 Å². The summed E-state index contributed by atoms with van der Waals surface area (Å²) in [6, 6.07) is 0. The predicted molar refractivity (Wildman–Crippen MR) is 132 cm³/mol. The van der Waals surface area contributed by atoms with Crippen LogP contribution in [0.4, 0.5) is 0 Å². The molecule has 0 saturated heterocycles. The van der Waals surface area contributed by atoms with Crippen molar-refractivity contribution in [2.75, 3.05) is 13.2 Å². The Morgan fingerprint density at radius 3 is 1.59 bits per heavy atom. The summed E-state index contributed by atoms with van der Waals surface area (Å²) in [6.07, 6.45) is 18.0. The normalized spacial score (nSPS) is 23.1. The number of carbonyl (C=O) groups is 2. The molecule has 0 aromatic heterocycles. The lowest BCUT2D eigenvalue weighted by atomic mass is 9.66. The lowest BCUT2D eigenvalue weighted by molar-refractivity contribution is -0.169. The largest absolute Gasteiger partial charge is 0.465 e. The van der Waals surface area contributed by atoms with E-state index in [4.69, 9.17) is 9.47 Å². The van der Waals surface area contributed by atoms with Gasteiger partial charge in [0, 0.05) is 0 Å². The van der Waals surface area contributed by atoms with E-state index in [9.17, 15) is 9.59 Å². The number of ether oxygens (including phenoxy) is 2. The van der Waals surface area contributed by atoms with Gasteiger partial charge in [-0.3, -0.25) is 9.59 Å². The summed E-state index contributed by atoms with van der Waals surface area (Å²) >= 11 is 0. The number of hydrogen-bond donors (Lipinski definition) is 0. The molecule has 1 rings (SSSR count). The summed E-state index contributed by atoms with van der Waals surface area (Å²) in [5, 5.41) is 0. The third-order valence-electron chi connectivity index (χ3n) is 7.19. The molecule has 188 valence electrons. The van der Waals surface area contributed by atoms with E-state index in [2.05, 4.69) is 27.7 Å². The van der Waals surface area contributed by atoms with Gasteiger partial charge < -0.3 is 9.47 Å². The molecule has 4 unspecified atom stereocenters. The van der Waals surface area contributed by atoms with E-state index in [1.165, 1.54) is 51.4 Å². The van der Waals surface area contributed by atoms with E-state index in [1.54, 1.807) is 0 Å². The molecule has 32 heavy (non-hydrogen) atoms. The molecule has 0 bridgehead atoms. The summed E-state index contributed by atoms with van der Waals surface area (Å²) in [5.41, 5.74) is 0. The van der Waals surface area contributed by atoms with Crippen molar-refractivity contribution in [2.45, 2.75) is 130 Å². The molecule has 1 aliphatic rings. The van der Waals surface area contributed by atoms with Crippen molar-refractivity contribution in [3.05, 3.63) is 0 Å². The first-order chi connectivity index (χ1) is 15.6. The second kappa shape index (κ2) is 18.4. The number of carbonyl (C=O) groups excluding carboxylic acids is 2. The van der Waals surface area contributed by atoms with Crippen LogP contribution in [0.15, 0.2) is 0 Å². The zero-order valence-corrected chi connectivity index (χ0v) is 21.7. The molecule has 0 spiro atoms. The molecule has 0 aliphatic heterocycles. The van der Waals surface area contributed by atoms with Gasteiger partial charge >= 0.3 is 11.9 Å². The topological polar surface area (TPSA) is 52.6 Å². The Balaban J connectivity index is 2.57. The third kappa shape index (κ3) is 11.2. The van der Waals surface area contributed by atoms with Gasteiger partial charge in [-0.2, -0.15) is 0 Å². The Labute approximate surface area is 198 Å². The highest BCUT2D eigenvalue weighted by Gasteiger charge is 2.46. The van der Waals surface area contributed by atoms with Gasteiger partial charge in [-0.1, -0.05) is 98.3 Å². The maximum atomic E-state index is 13.1. The van der Waals surface area contributed by atoms with Crippen LogP contribution >= 0.6 is 0 Å². The molecule has 4 nitrogen and oxygen atoms in total. The molecule has 1 fully saturated rings. The van der Waals surface area contributed by atoms with Crippen molar-refractivity contribution in [1.29, 1.82) is 0 Å². The molecular formula is C28H52O4. The number of unbranched alkanes of at least 4 members (excludes halogenated alkanes) is 10. The summed E-state index contributed by atoms with van der Waals surface area (Å²) in [4.78, 5) is 26.2. The van der Waals surface area contributed by atoms with Gasteiger partial charge in [-0.15, -0.1) is 0 Å². The van der Waals surface area contributed by atoms with E-state index in [1.807, 2.05) is 0 Å². The molecule has 0 radical (unpaired) electrons. The second-order valence-corrected chi connectivity index (χ2v) is 10.0. The average Bonchev–Trinajstić information content (AvgIpc) is 2.78. The van der Waals surface area contributed by atoms with Crippen LogP contribution in [0.5, 0.6) is 0 Å². The van der Waals surface area contributed by atoms with Crippen molar-refractivity contribution in [1.82, 2.24) is 0 Å². The molecule has 1 saturated carbocycles. The van der Waals surface area contributed by atoms with Crippen molar-refractivity contribution in [3.8, 4) is 0 Å². The molecule has 1 aliphatic carbocycles. The molecule has 0 N–H and O–H groups in total. The Morgan fingerprint density at radius 2 is 1.09 bits per heavy atom. The van der Waals surface area contributed by atoms with Crippen molar-refractivity contribution in [3.63, 3.8) is 0 Å². The Bertz CT molecular complexity index is 490. The highest BCUT2D eigenvalue weighted by atomic mass is 16.5. The molecule has 4 atom stereocenters. The van der Waals surface area contributed by atoms with Gasteiger partial charge in [-0.25, -0.2) is 0 Å². The smallest absolute Gasteiger partial charge is 0.310 e. The fourth-order valence-corrected chi connectivity index (χ4v) is 5.20. The number of rotatable bonds is 18. The molecule has 4 heteroatoms. The van der Waals surface area contributed by atoms with Crippen molar-refractivity contribution >= 4 is 11.9 Å². The fraction of sp³-hybridized carbons (Fsp3) is 0.929. The zero-order chi connectivity index (χ0) is 23.6.